The molecule has 17 heavy (non-hydrogen) atoms. The quantitative estimate of drug-likeness (QED) is 0.575. The Balaban J connectivity index is 2.49. The molecule has 0 aliphatic heterocycles. The van der Waals surface area contributed by atoms with E-state index in [4.69, 9.17) is 11.6 Å². The van der Waals surface area contributed by atoms with Crippen LogP contribution in [0.25, 0.3) is 0 Å². The van der Waals surface area contributed by atoms with Crippen LogP contribution in [0.3, 0.4) is 0 Å². The molecule has 0 amide bonds. The van der Waals surface area contributed by atoms with Crippen molar-refractivity contribution >= 4 is 11.6 Å². The molecule has 0 atom stereocenters. The van der Waals surface area contributed by atoms with E-state index < -0.39 is 0 Å². The van der Waals surface area contributed by atoms with Gasteiger partial charge in [0.2, 0.25) is 0 Å². The number of alkyl halides is 1. The van der Waals surface area contributed by atoms with Gasteiger partial charge in [-0.2, -0.15) is 0 Å². The third-order valence-electron chi connectivity index (χ3n) is 3.10. The lowest BCUT2D eigenvalue weighted by molar-refractivity contribution is 0.671. The fourth-order valence-corrected chi connectivity index (χ4v) is 1.99. The Morgan fingerprint density at radius 1 is 1.24 bits per heavy atom. The molecule has 0 unspecified atom stereocenters. The summed E-state index contributed by atoms with van der Waals surface area (Å²) in [7, 11) is 0. The normalized spacial score (nSPS) is 11.1. The van der Waals surface area contributed by atoms with Gasteiger partial charge in [-0.05, 0) is 55.5 Å². The monoisotopic (exact) mass is 253 g/mol. The zero-order chi connectivity index (χ0) is 12.7. The van der Waals surface area contributed by atoms with Crippen LogP contribution in [0.15, 0.2) is 18.2 Å². The highest BCUT2D eigenvalue weighted by molar-refractivity contribution is 6.17. The van der Waals surface area contributed by atoms with Crippen LogP contribution in [0.4, 0.5) is 0 Å². The Morgan fingerprint density at radius 3 is 2.65 bits per heavy atom. The van der Waals surface area contributed by atoms with Gasteiger partial charge in [0.1, 0.15) is 0 Å². The van der Waals surface area contributed by atoms with E-state index in [1.165, 1.54) is 16.7 Å². The minimum Gasteiger partial charge on any atom is -0.316 e. The predicted octanol–water partition coefficient (Wildman–Crippen LogP) is 3.88. The number of benzene rings is 1. The molecule has 0 aromatic heterocycles. The van der Waals surface area contributed by atoms with Crippen molar-refractivity contribution in [3.8, 4) is 0 Å². The van der Waals surface area contributed by atoms with Crippen LogP contribution in [-0.4, -0.2) is 19.0 Å². The molecule has 1 rings (SSSR count). The fourth-order valence-electron chi connectivity index (χ4n) is 1.86. The van der Waals surface area contributed by atoms with Crippen molar-refractivity contribution in [1.29, 1.82) is 0 Å². The van der Waals surface area contributed by atoms with Gasteiger partial charge in [0, 0.05) is 5.88 Å². The SMILES string of the molecule is Cc1ccc(C(C)C)cc1CCNCCCCl. The van der Waals surface area contributed by atoms with Gasteiger partial charge in [-0.15, -0.1) is 11.6 Å². The van der Waals surface area contributed by atoms with Gasteiger partial charge in [0.25, 0.3) is 0 Å². The van der Waals surface area contributed by atoms with Crippen LogP contribution in [0.5, 0.6) is 0 Å². The molecule has 1 nitrogen and oxygen atoms in total. The van der Waals surface area contributed by atoms with Gasteiger partial charge in [-0.25, -0.2) is 0 Å². The van der Waals surface area contributed by atoms with Gasteiger partial charge in [0.05, 0.1) is 0 Å². The molecule has 2 heteroatoms. The van der Waals surface area contributed by atoms with Gasteiger partial charge >= 0.3 is 0 Å². The summed E-state index contributed by atoms with van der Waals surface area (Å²) in [5.41, 5.74) is 4.30. The fraction of sp³-hybridized carbons (Fsp3) is 0.600. The van der Waals surface area contributed by atoms with Crippen molar-refractivity contribution < 1.29 is 0 Å². The molecular formula is C15H24ClN. The third-order valence-corrected chi connectivity index (χ3v) is 3.37. The number of hydrogen-bond acceptors (Lipinski definition) is 1. The molecule has 96 valence electrons. The molecule has 1 aromatic rings. The van der Waals surface area contributed by atoms with Crippen molar-refractivity contribution in [2.45, 2.75) is 39.5 Å². The number of halogens is 1. The lowest BCUT2D eigenvalue weighted by Gasteiger charge is -2.11. The first-order valence-electron chi connectivity index (χ1n) is 6.51. The summed E-state index contributed by atoms with van der Waals surface area (Å²) in [4.78, 5) is 0. The zero-order valence-electron chi connectivity index (χ0n) is 11.2. The van der Waals surface area contributed by atoms with Crippen molar-refractivity contribution in [2.24, 2.45) is 0 Å². The highest BCUT2D eigenvalue weighted by Crippen LogP contribution is 2.18. The van der Waals surface area contributed by atoms with E-state index in [0.29, 0.717) is 5.92 Å². The molecule has 0 fully saturated rings. The maximum Gasteiger partial charge on any atom is 0.0235 e. The van der Waals surface area contributed by atoms with Crippen LogP contribution in [0.1, 0.15) is 42.9 Å². The Bertz CT molecular complexity index is 334. The van der Waals surface area contributed by atoms with Crippen molar-refractivity contribution in [3.63, 3.8) is 0 Å². The van der Waals surface area contributed by atoms with Crippen LogP contribution in [0.2, 0.25) is 0 Å². The Kier molecular flexibility index (Phi) is 6.61. The molecule has 0 spiro atoms. The van der Waals surface area contributed by atoms with Crippen LogP contribution < -0.4 is 5.32 Å². The first kappa shape index (κ1) is 14.5. The maximum absolute atomic E-state index is 5.64. The lowest BCUT2D eigenvalue weighted by atomic mass is 9.96. The average molecular weight is 254 g/mol. The van der Waals surface area contributed by atoms with Gasteiger partial charge in [-0.3, -0.25) is 0 Å². The summed E-state index contributed by atoms with van der Waals surface area (Å²) < 4.78 is 0. The van der Waals surface area contributed by atoms with Crippen molar-refractivity contribution in [1.82, 2.24) is 5.32 Å². The maximum atomic E-state index is 5.64. The van der Waals surface area contributed by atoms with E-state index in [-0.39, 0.29) is 0 Å². The number of nitrogens with one attached hydrogen (secondary N) is 1. The zero-order valence-corrected chi connectivity index (χ0v) is 12.0. The molecule has 0 aliphatic rings. The topological polar surface area (TPSA) is 12.0 Å². The third kappa shape index (κ3) is 5.10. The largest absolute Gasteiger partial charge is 0.316 e. The van der Waals surface area contributed by atoms with E-state index in [2.05, 4.69) is 44.3 Å². The molecular weight excluding hydrogens is 230 g/mol. The smallest absolute Gasteiger partial charge is 0.0235 e. The highest BCUT2D eigenvalue weighted by atomic mass is 35.5. The number of rotatable bonds is 7. The molecule has 0 saturated carbocycles. The summed E-state index contributed by atoms with van der Waals surface area (Å²) in [6.45, 7) is 8.74. The molecule has 0 aliphatic carbocycles. The Morgan fingerprint density at radius 2 is 2.00 bits per heavy atom. The average Bonchev–Trinajstić information content (AvgIpc) is 2.30. The second-order valence-corrected chi connectivity index (χ2v) is 5.26. The van der Waals surface area contributed by atoms with E-state index >= 15 is 0 Å². The first-order valence-corrected chi connectivity index (χ1v) is 7.04. The van der Waals surface area contributed by atoms with Gasteiger partial charge < -0.3 is 5.32 Å². The standard InChI is InChI=1S/C15H24ClN/c1-12(2)14-6-5-13(3)15(11-14)7-10-17-9-4-8-16/h5-6,11-12,17H,4,7-10H2,1-3H3. The van der Waals surface area contributed by atoms with Crippen LogP contribution >= 0.6 is 11.6 Å². The molecule has 1 N–H and O–H groups in total. The molecule has 0 saturated heterocycles. The molecule has 1 aromatic carbocycles. The van der Waals surface area contributed by atoms with E-state index in [1.54, 1.807) is 0 Å². The Labute approximate surface area is 111 Å². The number of aryl methyl sites for hydroxylation is 1. The molecule has 0 radical (unpaired) electrons. The van der Waals surface area contributed by atoms with Gasteiger partial charge in [0.15, 0.2) is 0 Å². The summed E-state index contributed by atoms with van der Waals surface area (Å²) in [6.07, 6.45) is 2.15. The first-order chi connectivity index (χ1) is 8.15. The Hall–Kier alpha value is -0.530. The molecule has 0 bridgehead atoms. The minimum atomic E-state index is 0.610. The van der Waals surface area contributed by atoms with Crippen molar-refractivity contribution in [3.05, 3.63) is 34.9 Å². The van der Waals surface area contributed by atoms with Gasteiger partial charge in [-0.1, -0.05) is 32.0 Å². The van der Waals surface area contributed by atoms with E-state index in [9.17, 15) is 0 Å². The summed E-state index contributed by atoms with van der Waals surface area (Å²) in [5.74, 6) is 1.35. The van der Waals surface area contributed by atoms with Crippen LogP contribution in [-0.2, 0) is 6.42 Å². The van der Waals surface area contributed by atoms with E-state index in [1.807, 2.05) is 0 Å². The second-order valence-electron chi connectivity index (χ2n) is 4.88. The number of hydrogen-bond donors (Lipinski definition) is 1. The second kappa shape index (κ2) is 7.73. The summed E-state index contributed by atoms with van der Waals surface area (Å²) in [5, 5.41) is 3.43. The van der Waals surface area contributed by atoms with Crippen LogP contribution in [0, 0.1) is 6.92 Å². The molecule has 0 heterocycles. The lowest BCUT2D eigenvalue weighted by Crippen LogP contribution is -2.19. The highest BCUT2D eigenvalue weighted by Gasteiger charge is 2.03. The summed E-state index contributed by atoms with van der Waals surface area (Å²) in [6, 6.07) is 6.83. The van der Waals surface area contributed by atoms with Crippen molar-refractivity contribution in [2.75, 3.05) is 19.0 Å². The summed E-state index contributed by atoms with van der Waals surface area (Å²) >= 11 is 5.64. The minimum absolute atomic E-state index is 0.610. The predicted molar refractivity (Wildman–Crippen MR) is 77.2 cm³/mol. The van der Waals surface area contributed by atoms with E-state index in [0.717, 1.165) is 31.8 Å².